The second kappa shape index (κ2) is 12.4. The third-order valence-corrected chi connectivity index (χ3v) is 7.80. The van der Waals surface area contributed by atoms with Crippen molar-refractivity contribution in [3.05, 3.63) is 123 Å². The molecule has 1 unspecified atom stereocenters. The molecule has 0 saturated carbocycles. The molecule has 0 saturated heterocycles. The van der Waals surface area contributed by atoms with Gasteiger partial charge in [0.25, 0.3) is 11.6 Å². The number of Topliss-reactive ketones (excluding diaryl/α,β-unsaturated/α-hetero) is 1. The van der Waals surface area contributed by atoms with Crippen LogP contribution in [0.3, 0.4) is 0 Å². The van der Waals surface area contributed by atoms with Crippen LogP contribution in [-0.2, 0) is 4.79 Å². The number of rotatable bonds is 9. The number of alkyl halides is 3. The van der Waals surface area contributed by atoms with Crippen LogP contribution >= 0.6 is 11.8 Å². The van der Waals surface area contributed by atoms with Crippen LogP contribution in [0.4, 0.5) is 24.7 Å². The van der Waals surface area contributed by atoms with E-state index >= 15 is 0 Å². The molecule has 230 valence electrons. The van der Waals surface area contributed by atoms with Crippen molar-refractivity contribution in [3.8, 4) is 5.75 Å². The second-order valence-corrected chi connectivity index (χ2v) is 11.2. The van der Waals surface area contributed by atoms with E-state index in [1.54, 1.807) is 24.3 Å². The van der Waals surface area contributed by atoms with Crippen molar-refractivity contribution < 1.29 is 37.5 Å². The first-order chi connectivity index (χ1) is 21.3. The van der Waals surface area contributed by atoms with Crippen molar-refractivity contribution in [2.45, 2.75) is 42.1 Å². The number of hydrogen-bond acceptors (Lipinski definition) is 9. The number of non-ortho nitro benzene ring substituents is 1. The molecule has 2 heterocycles. The van der Waals surface area contributed by atoms with Gasteiger partial charge in [0.15, 0.2) is 17.4 Å². The van der Waals surface area contributed by atoms with Crippen LogP contribution in [0, 0.1) is 10.1 Å². The van der Waals surface area contributed by atoms with Gasteiger partial charge in [0.1, 0.15) is 10.8 Å². The lowest BCUT2D eigenvalue weighted by atomic mass is 9.91. The molecule has 45 heavy (non-hydrogen) atoms. The summed E-state index contributed by atoms with van der Waals surface area (Å²) in [5.41, 5.74) is 1.00. The Morgan fingerprint density at radius 3 is 2.16 bits per heavy atom. The first-order valence-electron chi connectivity index (χ1n) is 13.4. The summed E-state index contributed by atoms with van der Waals surface area (Å²) >= 11 is 1.15. The Morgan fingerprint density at radius 2 is 1.62 bits per heavy atom. The molecule has 0 aliphatic carbocycles. The van der Waals surface area contributed by atoms with Gasteiger partial charge in [-0.3, -0.25) is 24.6 Å². The Balaban J connectivity index is 1.50. The van der Waals surface area contributed by atoms with Gasteiger partial charge in [0.2, 0.25) is 0 Å². The van der Waals surface area contributed by atoms with Crippen molar-refractivity contribution >= 4 is 35.0 Å². The third-order valence-electron chi connectivity index (χ3n) is 6.86. The standard InChI is InChI=1S/C31H23F3N4O6S/c1-17(2)18-3-5-20(6-4-18)28(39)26-27(19-7-11-22(12-8-19)44-31(32,33)34)37(30(41)29(26)40)24-15-16-25(36-35-24)45-23-13-9-21(10-14-23)38(42)43/h3-17,27,40H,1-2H3. The number of ether oxygens (including phenoxy) is 1. The molecule has 3 aromatic carbocycles. The fraction of sp³-hybridized carbons (Fsp3) is 0.161. The van der Waals surface area contributed by atoms with E-state index in [0.29, 0.717) is 9.92 Å². The molecule has 1 amide bonds. The summed E-state index contributed by atoms with van der Waals surface area (Å²) in [6.45, 7) is 3.97. The van der Waals surface area contributed by atoms with Crippen molar-refractivity contribution in [1.82, 2.24) is 10.2 Å². The largest absolute Gasteiger partial charge is 0.573 e. The Bertz CT molecular complexity index is 1780. The second-order valence-electron chi connectivity index (χ2n) is 10.1. The predicted octanol–water partition coefficient (Wildman–Crippen LogP) is 7.34. The number of aromatic nitrogens is 2. The highest BCUT2D eigenvalue weighted by Crippen LogP contribution is 2.42. The number of benzene rings is 3. The van der Waals surface area contributed by atoms with Crippen LogP contribution in [-0.4, -0.2) is 38.3 Å². The number of aliphatic hydroxyl groups is 1. The maximum atomic E-state index is 13.8. The van der Waals surface area contributed by atoms with Crippen molar-refractivity contribution in [1.29, 1.82) is 0 Å². The summed E-state index contributed by atoms with van der Waals surface area (Å²) in [6.07, 6.45) is -4.93. The number of anilines is 1. The number of nitrogens with zero attached hydrogens (tertiary/aromatic N) is 4. The Labute approximate surface area is 258 Å². The molecule has 1 aliphatic rings. The maximum Gasteiger partial charge on any atom is 0.573 e. The first kappa shape index (κ1) is 31.2. The third kappa shape index (κ3) is 6.80. The average molecular weight is 637 g/mol. The van der Waals surface area contributed by atoms with Gasteiger partial charge in [0.05, 0.1) is 16.5 Å². The molecule has 14 heteroatoms. The van der Waals surface area contributed by atoms with E-state index in [1.807, 2.05) is 13.8 Å². The smallest absolute Gasteiger partial charge is 0.503 e. The number of aliphatic hydroxyl groups excluding tert-OH is 1. The first-order valence-corrected chi connectivity index (χ1v) is 14.2. The van der Waals surface area contributed by atoms with Crippen molar-refractivity contribution in [3.63, 3.8) is 0 Å². The molecule has 10 nitrogen and oxygen atoms in total. The lowest BCUT2D eigenvalue weighted by Crippen LogP contribution is -2.32. The van der Waals surface area contributed by atoms with Crippen LogP contribution in [0.2, 0.25) is 0 Å². The maximum absolute atomic E-state index is 13.8. The molecule has 5 rings (SSSR count). The summed E-state index contributed by atoms with van der Waals surface area (Å²) < 4.78 is 42.3. The SMILES string of the molecule is CC(C)c1ccc(C(=O)C2=C(O)C(=O)N(c3ccc(Sc4ccc([N+](=O)[O-])cc4)nn3)C2c2ccc(OC(F)(F)F)cc2)cc1. The molecule has 1 aliphatic heterocycles. The Morgan fingerprint density at radius 1 is 0.978 bits per heavy atom. The fourth-order valence-electron chi connectivity index (χ4n) is 4.67. The van der Waals surface area contributed by atoms with E-state index in [2.05, 4.69) is 14.9 Å². The minimum absolute atomic E-state index is 0.0434. The lowest BCUT2D eigenvalue weighted by molar-refractivity contribution is -0.384. The molecule has 1 atom stereocenters. The van der Waals surface area contributed by atoms with Crippen molar-refractivity contribution in [2.24, 2.45) is 0 Å². The molecule has 1 aromatic heterocycles. The zero-order valence-corrected chi connectivity index (χ0v) is 24.4. The van der Waals surface area contributed by atoms with Gasteiger partial charge in [0, 0.05) is 22.6 Å². The highest BCUT2D eigenvalue weighted by atomic mass is 32.2. The van der Waals surface area contributed by atoms with Crippen LogP contribution in [0.5, 0.6) is 5.75 Å². The van der Waals surface area contributed by atoms with E-state index in [1.165, 1.54) is 48.5 Å². The molecule has 0 spiro atoms. The van der Waals surface area contributed by atoms with E-state index in [9.17, 15) is 38.0 Å². The molecular formula is C31H23F3N4O6S. The van der Waals surface area contributed by atoms with Gasteiger partial charge in [-0.15, -0.1) is 23.4 Å². The highest BCUT2D eigenvalue weighted by Gasteiger charge is 2.45. The normalized spacial score (nSPS) is 15.1. The summed E-state index contributed by atoms with van der Waals surface area (Å²) in [7, 11) is 0. The molecule has 0 fully saturated rings. The van der Waals surface area contributed by atoms with Crippen LogP contribution < -0.4 is 9.64 Å². The van der Waals surface area contributed by atoms with Gasteiger partial charge in [-0.05, 0) is 53.4 Å². The lowest BCUT2D eigenvalue weighted by Gasteiger charge is -2.26. The van der Waals surface area contributed by atoms with Crippen LogP contribution in [0.15, 0.2) is 106 Å². The minimum atomic E-state index is -4.93. The summed E-state index contributed by atoms with van der Waals surface area (Å²) in [5, 5.41) is 30.6. The van der Waals surface area contributed by atoms with Gasteiger partial charge in [-0.25, -0.2) is 0 Å². The molecule has 0 bridgehead atoms. The summed E-state index contributed by atoms with van der Waals surface area (Å²) in [6, 6.07) is 18.7. The number of nitro groups is 1. The van der Waals surface area contributed by atoms with Crippen molar-refractivity contribution in [2.75, 3.05) is 4.90 Å². The van der Waals surface area contributed by atoms with Crippen LogP contribution in [0.1, 0.15) is 47.3 Å². The molecular weight excluding hydrogens is 613 g/mol. The van der Waals surface area contributed by atoms with Gasteiger partial charge >= 0.3 is 6.36 Å². The van der Waals surface area contributed by atoms with Gasteiger partial charge in [-0.2, -0.15) is 0 Å². The fourth-order valence-corrected chi connectivity index (χ4v) is 5.40. The number of carbonyl (C=O) groups is 2. The number of amides is 1. The average Bonchev–Trinajstić information content (AvgIpc) is 3.27. The zero-order valence-electron chi connectivity index (χ0n) is 23.6. The molecule has 1 N–H and O–H groups in total. The summed E-state index contributed by atoms with van der Waals surface area (Å²) in [4.78, 5) is 39.3. The van der Waals surface area contributed by atoms with E-state index in [4.69, 9.17) is 0 Å². The van der Waals surface area contributed by atoms with Gasteiger partial charge < -0.3 is 9.84 Å². The topological polar surface area (TPSA) is 136 Å². The minimum Gasteiger partial charge on any atom is -0.503 e. The number of nitro benzene ring substituents is 1. The zero-order chi connectivity index (χ0) is 32.5. The monoisotopic (exact) mass is 636 g/mol. The number of carbonyl (C=O) groups excluding carboxylic acids is 2. The predicted molar refractivity (Wildman–Crippen MR) is 157 cm³/mol. The molecule has 4 aromatic rings. The van der Waals surface area contributed by atoms with E-state index in [0.717, 1.165) is 34.4 Å². The highest BCUT2D eigenvalue weighted by molar-refractivity contribution is 7.99. The molecule has 0 radical (unpaired) electrons. The van der Waals surface area contributed by atoms with Crippen LogP contribution in [0.25, 0.3) is 0 Å². The number of hydrogen-bond donors (Lipinski definition) is 1. The Kier molecular flexibility index (Phi) is 8.60. The summed E-state index contributed by atoms with van der Waals surface area (Å²) in [5.74, 6) is -2.81. The number of ketones is 1. The number of halogens is 3. The Hall–Kier alpha value is -5.24. The van der Waals surface area contributed by atoms with Gasteiger partial charge in [-0.1, -0.05) is 62.0 Å². The van der Waals surface area contributed by atoms with E-state index in [-0.39, 0.29) is 34.1 Å². The quantitative estimate of drug-likeness (QED) is 0.114. The van der Waals surface area contributed by atoms with E-state index < -0.39 is 40.5 Å².